The summed E-state index contributed by atoms with van der Waals surface area (Å²) < 4.78 is 25.4. The number of nitrogens with two attached hydrogens (primary N) is 1. The van der Waals surface area contributed by atoms with Crippen LogP contribution >= 0.6 is 15.9 Å². The van der Waals surface area contributed by atoms with Crippen LogP contribution in [0.3, 0.4) is 0 Å². The van der Waals surface area contributed by atoms with Gasteiger partial charge >= 0.3 is 0 Å². The number of nitrogens with zero attached hydrogens (tertiary/aromatic N) is 2. The zero-order valence-electron chi connectivity index (χ0n) is 9.88. The Bertz CT molecular complexity index is 707. The van der Waals surface area contributed by atoms with Crippen molar-refractivity contribution in [3.8, 4) is 5.69 Å². The fourth-order valence-electron chi connectivity index (χ4n) is 1.68. The van der Waals surface area contributed by atoms with Gasteiger partial charge in [0.1, 0.15) is 10.7 Å². The van der Waals surface area contributed by atoms with Gasteiger partial charge < -0.3 is 5.73 Å². The third-order valence-electron chi connectivity index (χ3n) is 2.56. The van der Waals surface area contributed by atoms with Crippen molar-refractivity contribution >= 4 is 31.6 Å². The molecule has 1 heterocycles. The minimum atomic E-state index is -3.36. The maximum Gasteiger partial charge on any atom is 0.180 e. The van der Waals surface area contributed by atoms with E-state index in [1.165, 1.54) is 10.9 Å². The molecule has 0 spiro atoms. The Labute approximate surface area is 114 Å². The van der Waals surface area contributed by atoms with Gasteiger partial charge in [-0.05, 0) is 30.7 Å². The van der Waals surface area contributed by atoms with Crippen LogP contribution in [-0.2, 0) is 9.84 Å². The number of benzene rings is 1. The Morgan fingerprint density at radius 3 is 2.56 bits per heavy atom. The first-order valence-electron chi connectivity index (χ1n) is 5.11. The van der Waals surface area contributed by atoms with E-state index in [0.29, 0.717) is 0 Å². The number of aromatic nitrogens is 2. The largest absolute Gasteiger partial charge is 0.382 e. The second kappa shape index (κ2) is 4.40. The van der Waals surface area contributed by atoms with E-state index in [2.05, 4.69) is 21.0 Å². The molecule has 0 radical (unpaired) electrons. The number of hydrogen-bond donors (Lipinski definition) is 1. The van der Waals surface area contributed by atoms with Crippen LogP contribution in [0.1, 0.15) is 5.56 Å². The second-order valence-corrected chi connectivity index (χ2v) is 6.91. The van der Waals surface area contributed by atoms with Crippen molar-refractivity contribution in [2.75, 3.05) is 12.0 Å². The number of hydrogen-bond acceptors (Lipinski definition) is 4. The summed E-state index contributed by atoms with van der Waals surface area (Å²) >= 11 is 3.37. The Hall–Kier alpha value is -1.34. The summed E-state index contributed by atoms with van der Waals surface area (Å²) in [5.74, 6) is 0.128. The lowest BCUT2D eigenvalue weighted by Gasteiger charge is -2.08. The molecule has 7 heteroatoms. The quantitative estimate of drug-likeness (QED) is 0.913. The Kier molecular flexibility index (Phi) is 3.20. The fraction of sp³-hybridized carbons (Fsp3) is 0.182. The van der Waals surface area contributed by atoms with Crippen molar-refractivity contribution in [3.05, 3.63) is 34.4 Å². The van der Waals surface area contributed by atoms with Crippen LogP contribution in [0.5, 0.6) is 0 Å². The first kappa shape index (κ1) is 13.1. The molecule has 0 saturated carbocycles. The normalized spacial score (nSPS) is 11.7. The lowest BCUT2D eigenvalue weighted by molar-refractivity contribution is 0.602. The standard InChI is InChI=1S/C11H12BrN3O2S/c1-7-5-8(12)3-4-9(7)15-11(13)10(6-14-15)18(2,16)17/h3-6H,13H2,1-2H3. The molecule has 18 heavy (non-hydrogen) atoms. The van der Waals surface area contributed by atoms with Gasteiger partial charge in [-0.15, -0.1) is 0 Å². The monoisotopic (exact) mass is 329 g/mol. The molecule has 0 aliphatic heterocycles. The number of sulfone groups is 1. The van der Waals surface area contributed by atoms with Gasteiger partial charge in [-0.2, -0.15) is 5.10 Å². The van der Waals surface area contributed by atoms with Gasteiger partial charge in [0.2, 0.25) is 0 Å². The maximum atomic E-state index is 11.5. The van der Waals surface area contributed by atoms with Crippen LogP contribution in [0, 0.1) is 6.92 Å². The summed E-state index contributed by atoms with van der Waals surface area (Å²) in [6, 6.07) is 5.59. The number of aryl methyl sites for hydroxylation is 1. The molecule has 0 atom stereocenters. The first-order valence-corrected chi connectivity index (χ1v) is 7.79. The predicted octanol–water partition coefficient (Wildman–Crippen LogP) is 1.93. The van der Waals surface area contributed by atoms with Crippen LogP contribution in [0.4, 0.5) is 5.82 Å². The average molecular weight is 330 g/mol. The molecule has 1 aromatic heterocycles. The molecule has 0 unspecified atom stereocenters. The summed E-state index contributed by atoms with van der Waals surface area (Å²) in [6.45, 7) is 1.90. The second-order valence-electron chi connectivity index (χ2n) is 4.01. The third kappa shape index (κ3) is 2.28. The van der Waals surface area contributed by atoms with Crippen molar-refractivity contribution < 1.29 is 8.42 Å². The third-order valence-corrected chi connectivity index (χ3v) is 4.16. The highest BCUT2D eigenvalue weighted by Gasteiger charge is 2.18. The molecule has 2 N–H and O–H groups in total. The van der Waals surface area contributed by atoms with Gasteiger partial charge in [-0.25, -0.2) is 13.1 Å². The molecule has 0 amide bonds. The maximum absolute atomic E-state index is 11.5. The molecule has 1 aromatic carbocycles. The highest BCUT2D eigenvalue weighted by atomic mass is 79.9. The van der Waals surface area contributed by atoms with E-state index in [0.717, 1.165) is 22.0 Å². The molecular weight excluding hydrogens is 318 g/mol. The fourth-order valence-corrected chi connectivity index (χ4v) is 2.86. The predicted molar refractivity (Wildman–Crippen MR) is 73.5 cm³/mol. The molecular formula is C11H12BrN3O2S. The molecule has 0 fully saturated rings. The van der Waals surface area contributed by atoms with E-state index in [9.17, 15) is 8.42 Å². The lowest BCUT2D eigenvalue weighted by Crippen LogP contribution is -2.06. The summed E-state index contributed by atoms with van der Waals surface area (Å²) in [6.07, 6.45) is 2.38. The lowest BCUT2D eigenvalue weighted by atomic mass is 10.2. The van der Waals surface area contributed by atoms with Gasteiger partial charge in [-0.1, -0.05) is 15.9 Å². The van der Waals surface area contributed by atoms with Crippen LogP contribution in [0.15, 0.2) is 33.8 Å². The number of rotatable bonds is 2. The SMILES string of the molecule is Cc1cc(Br)ccc1-n1ncc(S(C)(=O)=O)c1N. The minimum absolute atomic E-state index is 0.0461. The molecule has 2 rings (SSSR count). The van der Waals surface area contributed by atoms with Crippen LogP contribution in [0.25, 0.3) is 5.69 Å². The molecule has 96 valence electrons. The molecule has 5 nitrogen and oxygen atoms in total. The number of nitrogen functional groups attached to an aromatic ring is 1. The summed E-state index contributed by atoms with van der Waals surface area (Å²) in [5, 5.41) is 4.04. The van der Waals surface area contributed by atoms with Crippen molar-refractivity contribution in [1.82, 2.24) is 9.78 Å². The molecule has 0 saturated heterocycles. The summed E-state index contributed by atoms with van der Waals surface area (Å²) in [4.78, 5) is 0.0461. The zero-order valence-corrected chi connectivity index (χ0v) is 12.3. The van der Waals surface area contributed by atoms with Gasteiger partial charge in [0.25, 0.3) is 0 Å². The van der Waals surface area contributed by atoms with E-state index in [1.807, 2.05) is 25.1 Å². The molecule has 2 aromatic rings. The van der Waals surface area contributed by atoms with Gasteiger partial charge in [0.05, 0.1) is 11.9 Å². The Balaban J connectivity index is 2.63. The van der Waals surface area contributed by atoms with E-state index >= 15 is 0 Å². The smallest absolute Gasteiger partial charge is 0.180 e. The number of halogens is 1. The number of anilines is 1. The van der Waals surface area contributed by atoms with Crippen LogP contribution in [0.2, 0.25) is 0 Å². The van der Waals surface area contributed by atoms with Crippen LogP contribution in [-0.4, -0.2) is 24.5 Å². The molecule has 0 aliphatic rings. The topological polar surface area (TPSA) is 78.0 Å². The van der Waals surface area contributed by atoms with E-state index in [4.69, 9.17) is 5.73 Å². The first-order chi connectivity index (χ1) is 8.30. The van der Waals surface area contributed by atoms with Crippen LogP contribution < -0.4 is 5.73 Å². The summed E-state index contributed by atoms with van der Waals surface area (Å²) in [5.41, 5.74) is 7.54. The Morgan fingerprint density at radius 2 is 2.06 bits per heavy atom. The molecule has 0 aliphatic carbocycles. The highest BCUT2D eigenvalue weighted by Crippen LogP contribution is 2.25. The zero-order chi connectivity index (χ0) is 13.5. The van der Waals surface area contributed by atoms with Crippen molar-refractivity contribution in [2.45, 2.75) is 11.8 Å². The van der Waals surface area contributed by atoms with E-state index in [-0.39, 0.29) is 10.7 Å². The van der Waals surface area contributed by atoms with Crippen molar-refractivity contribution in [3.63, 3.8) is 0 Å². The average Bonchev–Trinajstić information content (AvgIpc) is 2.60. The van der Waals surface area contributed by atoms with Gasteiger partial charge in [-0.3, -0.25) is 0 Å². The molecule has 0 bridgehead atoms. The summed E-state index contributed by atoms with van der Waals surface area (Å²) in [7, 11) is -3.36. The highest BCUT2D eigenvalue weighted by molar-refractivity contribution is 9.10. The van der Waals surface area contributed by atoms with Gasteiger partial charge in [0.15, 0.2) is 9.84 Å². The Morgan fingerprint density at radius 1 is 1.39 bits per heavy atom. The van der Waals surface area contributed by atoms with Gasteiger partial charge in [0, 0.05) is 10.7 Å². The van der Waals surface area contributed by atoms with Crippen molar-refractivity contribution in [2.24, 2.45) is 0 Å². The van der Waals surface area contributed by atoms with E-state index in [1.54, 1.807) is 0 Å². The minimum Gasteiger partial charge on any atom is -0.382 e. The van der Waals surface area contributed by atoms with Crippen molar-refractivity contribution in [1.29, 1.82) is 0 Å². The van der Waals surface area contributed by atoms with E-state index < -0.39 is 9.84 Å².